The van der Waals surface area contributed by atoms with Gasteiger partial charge in [-0.25, -0.2) is 14.3 Å². The van der Waals surface area contributed by atoms with Crippen molar-refractivity contribution in [3.63, 3.8) is 0 Å². The molecular weight excluding hydrogens is 346 g/mol. The van der Waals surface area contributed by atoms with Crippen LogP contribution >= 0.6 is 0 Å². The Hall–Kier alpha value is -3.16. The van der Waals surface area contributed by atoms with Crippen LogP contribution in [0, 0.1) is 6.92 Å². The molecule has 0 fully saturated rings. The SMILES string of the molecule is Cc1ccc2c(c1)CCCN2C(=O)Cn1c(=O)c2c(ncn2C)n(C)c1=O. The van der Waals surface area contributed by atoms with Crippen LogP contribution in [-0.4, -0.2) is 31.1 Å². The monoisotopic (exact) mass is 367 g/mol. The van der Waals surface area contributed by atoms with Gasteiger partial charge in [0.25, 0.3) is 5.56 Å². The van der Waals surface area contributed by atoms with Crippen molar-refractivity contribution < 1.29 is 4.79 Å². The molecular formula is C19H21N5O3. The maximum atomic E-state index is 13.0. The third kappa shape index (κ3) is 2.68. The highest BCUT2D eigenvalue weighted by Gasteiger charge is 2.25. The van der Waals surface area contributed by atoms with Crippen LogP contribution < -0.4 is 16.1 Å². The maximum Gasteiger partial charge on any atom is 0.332 e. The van der Waals surface area contributed by atoms with Crippen LogP contribution in [0.3, 0.4) is 0 Å². The summed E-state index contributed by atoms with van der Waals surface area (Å²) in [4.78, 5) is 44.2. The number of carbonyl (C=O) groups is 1. The van der Waals surface area contributed by atoms with Crippen molar-refractivity contribution in [1.29, 1.82) is 0 Å². The molecule has 0 saturated heterocycles. The number of imidazole rings is 1. The Kier molecular flexibility index (Phi) is 3.98. The zero-order valence-electron chi connectivity index (χ0n) is 15.6. The number of amides is 1. The average Bonchev–Trinajstić information content (AvgIpc) is 3.04. The van der Waals surface area contributed by atoms with Crippen molar-refractivity contribution in [2.75, 3.05) is 11.4 Å². The summed E-state index contributed by atoms with van der Waals surface area (Å²) in [7, 11) is 3.24. The molecule has 0 aliphatic carbocycles. The van der Waals surface area contributed by atoms with Crippen LogP contribution in [0.4, 0.5) is 5.69 Å². The lowest BCUT2D eigenvalue weighted by Gasteiger charge is -2.30. The minimum absolute atomic E-state index is 0.263. The third-order valence-corrected chi connectivity index (χ3v) is 5.15. The van der Waals surface area contributed by atoms with E-state index in [0.717, 1.165) is 34.2 Å². The number of benzene rings is 1. The molecule has 1 aromatic carbocycles. The minimum Gasteiger partial charge on any atom is -0.328 e. The summed E-state index contributed by atoms with van der Waals surface area (Å²) < 4.78 is 3.86. The first-order chi connectivity index (χ1) is 12.9. The molecule has 27 heavy (non-hydrogen) atoms. The van der Waals surface area contributed by atoms with Crippen molar-refractivity contribution in [3.8, 4) is 0 Å². The smallest absolute Gasteiger partial charge is 0.328 e. The molecule has 3 aromatic rings. The summed E-state index contributed by atoms with van der Waals surface area (Å²) in [5.74, 6) is -0.263. The van der Waals surface area contributed by atoms with E-state index < -0.39 is 11.2 Å². The molecule has 4 rings (SSSR count). The predicted molar refractivity (Wildman–Crippen MR) is 102 cm³/mol. The van der Waals surface area contributed by atoms with Gasteiger partial charge in [0.1, 0.15) is 6.54 Å². The Bertz CT molecular complexity index is 1180. The van der Waals surface area contributed by atoms with E-state index in [0.29, 0.717) is 17.7 Å². The molecule has 1 aliphatic heterocycles. The molecule has 0 saturated carbocycles. The maximum absolute atomic E-state index is 13.0. The van der Waals surface area contributed by atoms with E-state index in [2.05, 4.69) is 11.1 Å². The topological polar surface area (TPSA) is 82.1 Å². The zero-order chi connectivity index (χ0) is 19.3. The van der Waals surface area contributed by atoms with Gasteiger partial charge in [0.05, 0.1) is 6.33 Å². The molecule has 3 heterocycles. The number of aryl methyl sites for hydroxylation is 4. The van der Waals surface area contributed by atoms with Gasteiger partial charge in [0.2, 0.25) is 5.91 Å². The Morgan fingerprint density at radius 3 is 2.78 bits per heavy atom. The van der Waals surface area contributed by atoms with Gasteiger partial charge < -0.3 is 9.47 Å². The van der Waals surface area contributed by atoms with Crippen molar-refractivity contribution >= 4 is 22.8 Å². The Balaban J connectivity index is 1.76. The number of aromatic nitrogens is 4. The van der Waals surface area contributed by atoms with Crippen molar-refractivity contribution in [1.82, 2.24) is 18.7 Å². The van der Waals surface area contributed by atoms with E-state index in [1.807, 2.05) is 19.1 Å². The number of rotatable bonds is 2. The number of hydrogen-bond donors (Lipinski definition) is 0. The highest BCUT2D eigenvalue weighted by molar-refractivity contribution is 5.94. The highest BCUT2D eigenvalue weighted by Crippen LogP contribution is 2.28. The van der Waals surface area contributed by atoms with E-state index in [4.69, 9.17) is 0 Å². The standard InChI is InChI=1S/C19H21N5O3/c1-12-6-7-14-13(9-12)5-4-8-23(14)15(25)10-24-18(26)16-17(20-11-21(16)2)22(3)19(24)27/h6-7,9,11H,4-5,8,10H2,1-3H3. The molecule has 0 spiro atoms. The first kappa shape index (κ1) is 17.3. The summed E-state index contributed by atoms with van der Waals surface area (Å²) in [6.45, 7) is 2.31. The zero-order valence-corrected chi connectivity index (χ0v) is 15.6. The molecule has 140 valence electrons. The number of nitrogens with zero attached hydrogens (tertiary/aromatic N) is 5. The molecule has 2 aromatic heterocycles. The van der Waals surface area contributed by atoms with Crippen LogP contribution in [0.25, 0.3) is 11.2 Å². The van der Waals surface area contributed by atoms with Crippen LogP contribution in [0.1, 0.15) is 17.5 Å². The van der Waals surface area contributed by atoms with Gasteiger partial charge in [-0.3, -0.25) is 14.2 Å². The largest absolute Gasteiger partial charge is 0.332 e. The predicted octanol–water partition coefficient (Wildman–Crippen LogP) is 0.722. The van der Waals surface area contributed by atoms with E-state index in [9.17, 15) is 14.4 Å². The van der Waals surface area contributed by atoms with E-state index in [1.165, 1.54) is 10.9 Å². The fourth-order valence-corrected chi connectivity index (χ4v) is 3.74. The number of anilines is 1. The second-order valence-corrected chi connectivity index (χ2v) is 7.04. The van der Waals surface area contributed by atoms with Gasteiger partial charge in [-0.05, 0) is 31.4 Å². The van der Waals surface area contributed by atoms with Gasteiger partial charge in [-0.15, -0.1) is 0 Å². The summed E-state index contributed by atoms with van der Waals surface area (Å²) >= 11 is 0. The fraction of sp³-hybridized carbons (Fsp3) is 0.368. The van der Waals surface area contributed by atoms with Crippen molar-refractivity contribution in [2.45, 2.75) is 26.3 Å². The average molecular weight is 367 g/mol. The van der Waals surface area contributed by atoms with E-state index in [-0.39, 0.29) is 12.5 Å². The normalized spacial score (nSPS) is 13.8. The molecule has 1 aliphatic rings. The van der Waals surface area contributed by atoms with Crippen LogP contribution in [0.5, 0.6) is 0 Å². The second-order valence-electron chi connectivity index (χ2n) is 7.04. The molecule has 8 heteroatoms. The molecule has 0 atom stereocenters. The van der Waals surface area contributed by atoms with Crippen LogP contribution in [-0.2, 0) is 31.9 Å². The number of carbonyl (C=O) groups excluding carboxylic acids is 1. The van der Waals surface area contributed by atoms with Gasteiger partial charge in [0, 0.05) is 26.3 Å². The molecule has 0 N–H and O–H groups in total. The van der Waals surface area contributed by atoms with E-state index >= 15 is 0 Å². The summed E-state index contributed by atoms with van der Waals surface area (Å²) in [6, 6.07) is 5.99. The summed E-state index contributed by atoms with van der Waals surface area (Å²) in [6.07, 6.45) is 3.26. The van der Waals surface area contributed by atoms with Crippen LogP contribution in [0.2, 0.25) is 0 Å². The molecule has 1 amide bonds. The first-order valence-corrected chi connectivity index (χ1v) is 8.89. The lowest BCUT2D eigenvalue weighted by molar-refractivity contribution is -0.119. The molecule has 0 radical (unpaired) electrons. The van der Waals surface area contributed by atoms with E-state index in [1.54, 1.807) is 23.6 Å². The lowest BCUT2D eigenvalue weighted by atomic mass is 9.99. The molecule has 0 bridgehead atoms. The number of fused-ring (bicyclic) bond motifs is 2. The van der Waals surface area contributed by atoms with Gasteiger partial charge in [-0.2, -0.15) is 0 Å². The van der Waals surface area contributed by atoms with Crippen LogP contribution in [0.15, 0.2) is 34.1 Å². The first-order valence-electron chi connectivity index (χ1n) is 8.89. The lowest BCUT2D eigenvalue weighted by Crippen LogP contribution is -2.45. The number of hydrogen-bond acceptors (Lipinski definition) is 4. The third-order valence-electron chi connectivity index (χ3n) is 5.15. The highest BCUT2D eigenvalue weighted by atomic mass is 16.2. The minimum atomic E-state index is -0.541. The Morgan fingerprint density at radius 1 is 1.22 bits per heavy atom. The van der Waals surface area contributed by atoms with Crippen molar-refractivity contribution in [3.05, 3.63) is 56.5 Å². The summed E-state index contributed by atoms with van der Waals surface area (Å²) in [5, 5.41) is 0. The fourth-order valence-electron chi connectivity index (χ4n) is 3.74. The van der Waals surface area contributed by atoms with Gasteiger partial charge in [-0.1, -0.05) is 17.7 Å². The Labute approximate surface area is 155 Å². The quantitative estimate of drug-likeness (QED) is 0.668. The second kappa shape index (κ2) is 6.22. The Morgan fingerprint density at radius 2 is 2.00 bits per heavy atom. The van der Waals surface area contributed by atoms with Crippen molar-refractivity contribution in [2.24, 2.45) is 14.1 Å². The summed E-state index contributed by atoms with van der Waals surface area (Å²) in [5.41, 5.74) is 2.72. The van der Waals surface area contributed by atoms with Gasteiger partial charge in [0.15, 0.2) is 11.2 Å². The molecule has 8 nitrogen and oxygen atoms in total. The molecule has 0 unspecified atom stereocenters. The van der Waals surface area contributed by atoms with Gasteiger partial charge >= 0.3 is 5.69 Å².